The number of aliphatic hydroxyl groups is 1. The molecule has 8 nitrogen and oxygen atoms in total. The molecule has 2 rings (SSSR count). The Bertz CT molecular complexity index is 615. The molecule has 0 aliphatic heterocycles. The van der Waals surface area contributed by atoms with Crippen molar-refractivity contribution in [3.05, 3.63) is 28.8 Å². The molecule has 0 saturated heterocycles. The number of hydrogen-bond donors (Lipinski definition) is 3. The van der Waals surface area contributed by atoms with Gasteiger partial charge in [-0.3, -0.25) is 14.3 Å². The monoisotopic (exact) mass is 251 g/mol. The third kappa shape index (κ3) is 2.55. The fourth-order valence-electron chi connectivity index (χ4n) is 1.43. The normalized spacial score (nSPS) is 11.6. The lowest BCUT2D eigenvalue weighted by atomic mass is 10.5. The maximum atomic E-state index is 11.5. The summed E-state index contributed by atoms with van der Waals surface area (Å²) in [5.74, 6) is 0.0365. The number of H-pyrrole nitrogens is 1. The van der Waals surface area contributed by atoms with Crippen LogP contribution in [0.25, 0.3) is 11.2 Å². The Labute approximate surface area is 102 Å². The van der Waals surface area contributed by atoms with Gasteiger partial charge in [0.25, 0.3) is 5.56 Å². The number of nitrogens with two attached hydrogens (primary N) is 1. The number of ether oxygens (including phenoxy) is 1. The lowest BCUT2D eigenvalue weighted by Crippen LogP contribution is -2.12. The van der Waals surface area contributed by atoms with Gasteiger partial charge < -0.3 is 15.6 Å². The molecule has 2 aromatic heterocycles. The first-order valence-electron chi connectivity index (χ1n) is 5.26. The first kappa shape index (κ1) is 12.3. The second-order valence-electron chi connectivity index (χ2n) is 3.49. The molecular formula is C10H13N5O3. The lowest BCUT2D eigenvalue weighted by Gasteiger charge is -2.03. The summed E-state index contributed by atoms with van der Waals surface area (Å²) in [6, 6.07) is 0. The van der Waals surface area contributed by atoms with E-state index < -0.39 is 0 Å². The van der Waals surface area contributed by atoms with Gasteiger partial charge in [0.1, 0.15) is 6.73 Å². The van der Waals surface area contributed by atoms with E-state index in [1.165, 1.54) is 6.33 Å². The van der Waals surface area contributed by atoms with Crippen LogP contribution in [0.2, 0.25) is 0 Å². The van der Waals surface area contributed by atoms with Gasteiger partial charge in [-0.1, -0.05) is 12.2 Å². The van der Waals surface area contributed by atoms with Crippen molar-refractivity contribution in [2.45, 2.75) is 6.73 Å². The number of fused-ring (bicyclic) bond motifs is 1. The number of nitrogens with one attached hydrogen (secondary N) is 1. The van der Waals surface area contributed by atoms with Gasteiger partial charge in [0, 0.05) is 0 Å². The number of nitrogens with zero attached hydrogens (tertiary/aromatic N) is 3. The van der Waals surface area contributed by atoms with Crippen LogP contribution >= 0.6 is 0 Å². The number of hydrogen-bond acceptors (Lipinski definition) is 6. The van der Waals surface area contributed by atoms with E-state index in [9.17, 15) is 4.79 Å². The summed E-state index contributed by atoms with van der Waals surface area (Å²) in [4.78, 5) is 21.8. The van der Waals surface area contributed by atoms with Gasteiger partial charge in [0.05, 0.1) is 19.5 Å². The molecule has 8 heteroatoms. The Hall–Kier alpha value is -2.19. The summed E-state index contributed by atoms with van der Waals surface area (Å²) in [5.41, 5.74) is 5.68. The summed E-state index contributed by atoms with van der Waals surface area (Å²) in [6.07, 6.45) is 4.72. The minimum absolute atomic E-state index is 0.0230. The van der Waals surface area contributed by atoms with Crippen molar-refractivity contribution < 1.29 is 9.84 Å². The molecule has 0 saturated carbocycles. The van der Waals surface area contributed by atoms with Gasteiger partial charge in [-0.25, -0.2) is 4.98 Å². The van der Waals surface area contributed by atoms with Gasteiger partial charge in [-0.2, -0.15) is 4.98 Å². The first-order valence-corrected chi connectivity index (χ1v) is 5.26. The Kier molecular flexibility index (Phi) is 3.70. The Morgan fingerprint density at radius 3 is 3.17 bits per heavy atom. The SMILES string of the molecule is Nc1nc2c(ncn2COCC=CCO)c(=O)[nH]1. The highest BCUT2D eigenvalue weighted by molar-refractivity contribution is 5.70. The van der Waals surface area contributed by atoms with Crippen molar-refractivity contribution in [1.29, 1.82) is 0 Å². The van der Waals surface area contributed by atoms with Gasteiger partial charge >= 0.3 is 0 Å². The fourth-order valence-corrected chi connectivity index (χ4v) is 1.43. The number of aliphatic hydroxyl groups excluding tert-OH is 1. The van der Waals surface area contributed by atoms with Crippen molar-refractivity contribution in [2.24, 2.45) is 0 Å². The molecule has 0 spiro atoms. The molecule has 18 heavy (non-hydrogen) atoms. The van der Waals surface area contributed by atoms with Crippen molar-refractivity contribution in [3.63, 3.8) is 0 Å². The first-order chi connectivity index (χ1) is 8.72. The number of aromatic amines is 1. The number of imidazole rings is 1. The van der Waals surface area contributed by atoms with E-state index in [0.717, 1.165) is 0 Å². The summed E-state index contributed by atoms with van der Waals surface area (Å²) in [6.45, 7) is 0.520. The van der Waals surface area contributed by atoms with Gasteiger partial charge in [0.2, 0.25) is 5.95 Å². The van der Waals surface area contributed by atoms with Crippen LogP contribution in [-0.2, 0) is 11.5 Å². The highest BCUT2D eigenvalue weighted by Crippen LogP contribution is 2.06. The van der Waals surface area contributed by atoms with Crippen LogP contribution in [-0.4, -0.2) is 37.8 Å². The minimum Gasteiger partial charge on any atom is -0.392 e. The van der Waals surface area contributed by atoms with Crippen LogP contribution in [0.15, 0.2) is 23.3 Å². The van der Waals surface area contributed by atoms with Crippen LogP contribution < -0.4 is 11.3 Å². The zero-order chi connectivity index (χ0) is 13.0. The van der Waals surface area contributed by atoms with Gasteiger partial charge in [-0.05, 0) is 0 Å². The van der Waals surface area contributed by atoms with Gasteiger partial charge in [-0.15, -0.1) is 0 Å². The van der Waals surface area contributed by atoms with E-state index in [2.05, 4.69) is 15.0 Å². The van der Waals surface area contributed by atoms with Crippen LogP contribution in [0.1, 0.15) is 0 Å². The largest absolute Gasteiger partial charge is 0.392 e. The molecule has 0 radical (unpaired) electrons. The zero-order valence-corrected chi connectivity index (χ0v) is 9.54. The molecule has 0 bridgehead atoms. The molecule has 2 heterocycles. The highest BCUT2D eigenvalue weighted by atomic mass is 16.5. The molecule has 0 atom stereocenters. The lowest BCUT2D eigenvalue weighted by molar-refractivity contribution is 0.102. The standard InChI is InChI=1S/C10H13N5O3/c11-10-13-8-7(9(17)14-10)12-5-15(8)6-18-4-2-1-3-16/h1-2,5,16H,3-4,6H2,(H3,11,13,14,17). The van der Waals surface area contributed by atoms with Gasteiger partial charge in [0.15, 0.2) is 11.2 Å². The summed E-state index contributed by atoms with van der Waals surface area (Å²) in [5, 5.41) is 8.53. The molecule has 0 aromatic carbocycles. The van der Waals surface area contributed by atoms with E-state index in [1.54, 1.807) is 16.7 Å². The minimum atomic E-state index is -0.378. The predicted molar refractivity (Wildman–Crippen MR) is 64.7 cm³/mol. The van der Waals surface area contributed by atoms with Crippen LogP contribution in [0.5, 0.6) is 0 Å². The Balaban J connectivity index is 2.14. The Morgan fingerprint density at radius 2 is 2.39 bits per heavy atom. The van der Waals surface area contributed by atoms with E-state index in [0.29, 0.717) is 12.3 Å². The second-order valence-corrected chi connectivity index (χ2v) is 3.49. The maximum absolute atomic E-state index is 11.5. The fraction of sp³-hybridized carbons (Fsp3) is 0.300. The molecule has 4 N–H and O–H groups in total. The molecule has 0 amide bonds. The maximum Gasteiger partial charge on any atom is 0.280 e. The van der Waals surface area contributed by atoms with E-state index in [1.807, 2.05) is 0 Å². The molecule has 2 aromatic rings. The topological polar surface area (TPSA) is 119 Å². The zero-order valence-electron chi connectivity index (χ0n) is 9.54. The molecule has 96 valence electrons. The summed E-state index contributed by atoms with van der Waals surface area (Å²) >= 11 is 0. The van der Waals surface area contributed by atoms with E-state index >= 15 is 0 Å². The Morgan fingerprint density at radius 1 is 1.56 bits per heavy atom. The number of aromatic nitrogens is 4. The van der Waals surface area contributed by atoms with E-state index in [4.69, 9.17) is 15.6 Å². The second kappa shape index (κ2) is 5.43. The summed E-state index contributed by atoms with van der Waals surface area (Å²) < 4.78 is 6.88. The van der Waals surface area contributed by atoms with Crippen molar-refractivity contribution in [2.75, 3.05) is 18.9 Å². The molecule has 0 aliphatic rings. The highest BCUT2D eigenvalue weighted by Gasteiger charge is 2.08. The number of rotatable bonds is 5. The summed E-state index contributed by atoms with van der Waals surface area (Å²) in [7, 11) is 0. The van der Waals surface area contributed by atoms with E-state index in [-0.39, 0.29) is 30.4 Å². The average Bonchev–Trinajstić information content (AvgIpc) is 2.72. The third-order valence-corrected chi connectivity index (χ3v) is 2.21. The average molecular weight is 251 g/mol. The quantitative estimate of drug-likeness (QED) is 0.474. The number of nitrogen functional groups attached to an aromatic ring is 1. The smallest absolute Gasteiger partial charge is 0.280 e. The predicted octanol–water partition coefficient (Wildman–Crippen LogP) is -0.776. The van der Waals surface area contributed by atoms with Crippen molar-refractivity contribution in [3.8, 4) is 0 Å². The van der Waals surface area contributed by atoms with Crippen LogP contribution in [0, 0.1) is 0 Å². The molecule has 0 fully saturated rings. The molecule has 0 unspecified atom stereocenters. The molecular weight excluding hydrogens is 238 g/mol. The van der Waals surface area contributed by atoms with Crippen LogP contribution in [0.3, 0.4) is 0 Å². The molecule has 0 aliphatic carbocycles. The third-order valence-electron chi connectivity index (χ3n) is 2.21. The van der Waals surface area contributed by atoms with Crippen molar-refractivity contribution in [1.82, 2.24) is 19.5 Å². The van der Waals surface area contributed by atoms with Crippen LogP contribution in [0.4, 0.5) is 5.95 Å². The van der Waals surface area contributed by atoms with Crippen molar-refractivity contribution >= 4 is 17.1 Å². The number of anilines is 1.